The topological polar surface area (TPSA) is 41.5 Å². The van der Waals surface area contributed by atoms with Gasteiger partial charge in [-0.3, -0.25) is 0 Å². The van der Waals surface area contributed by atoms with Crippen molar-refractivity contribution in [3.05, 3.63) is 0 Å². The second-order valence-corrected chi connectivity index (χ2v) is 6.44. The molecule has 0 aromatic carbocycles. The van der Waals surface area contributed by atoms with Crippen LogP contribution in [0.4, 0.5) is 0 Å². The van der Waals surface area contributed by atoms with Gasteiger partial charge in [0.2, 0.25) is 0 Å². The Morgan fingerprint density at radius 1 is 1.35 bits per heavy atom. The van der Waals surface area contributed by atoms with Gasteiger partial charge in [-0.25, -0.2) is 0 Å². The van der Waals surface area contributed by atoms with Crippen molar-refractivity contribution in [3.8, 4) is 0 Å². The first-order chi connectivity index (χ1) is 8.35. The number of nitrogens with one attached hydrogen (secondary N) is 1. The molecule has 1 spiro atoms. The second kappa shape index (κ2) is 6.98. The lowest BCUT2D eigenvalue weighted by atomic mass is 9.74. The van der Waals surface area contributed by atoms with Gasteiger partial charge in [-0.15, -0.1) is 0 Å². The Morgan fingerprint density at radius 3 is 2.94 bits per heavy atom. The molecule has 0 aromatic heterocycles. The molecule has 1 aliphatic heterocycles. The van der Waals surface area contributed by atoms with Crippen molar-refractivity contribution in [1.82, 2.24) is 5.32 Å². The zero-order valence-electron chi connectivity index (χ0n) is 10.6. The van der Waals surface area contributed by atoms with Gasteiger partial charge in [0.15, 0.2) is 0 Å². The number of aliphatic hydroxyl groups is 1. The van der Waals surface area contributed by atoms with Crippen molar-refractivity contribution in [1.29, 1.82) is 0 Å². The highest BCUT2D eigenvalue weighted by Gasteiger charge is 2.42. The van der Waals surface area contributed by atoms with Gasteiger partial charge in [-0.2, -0.15) is 11.8 Å². The Bertz CT molecular complexity index is 221. The lowest BCUT2D eigenvalue weighted by Crippen LogP contribution is -2.51. The molecule has 0 aromatic rings. The van der Waals surface area contributed by atoms with Crippen molar-refractivity contribution in [2.75, 3.05) is 31.3 Å². The molecule has 1 unspecified atom stereocenters. The van der Waals surface area contributed by atoms with E-state index in [4.69, 9.17) is 9.84 Å². The third-order valence-corrected chi connectivity index (χ3v) is 4.95. The van der Waals surface area contributed by atoms with Crippen molar-refractivity contribution in [2.24, 2.45) is 0 Å². The van der Waals surface area contributed by atoms with Crippen LogP contribution < -0.4 is 5.32 Å². The molecule has 2 fully saturated rings. The fraction of sp³-hybridized carbons (Fsp3) is 1.00. The van der Waals surface area contributed by atoms with Crippen molar-refractivity contribution >= 4 is 11.8 Å². The van der Waals surface area contributed by atoms with Crippen LogP contribution in [0.1, 0.15) is 38.5 Å². The van der Waals surface area contributed by atoms with Crippen LogP contribution in [0, 0.1) is 0 Å². The van der Waals surface area contributed by atoms with E-state index >= 15 is 0 Å². The van der Waals surface area contributed by atoms with Gasteiger partial charge in [0.1, 0.15) is 0 Å². The summed E-state index contributed by atoms with van der Waals surface area (Å²) in [5, 5.41) is 12.3. The number of thioether (sulfide) groups is 1. The van der Waals surface area contributed by atoms with Gasteiger partial charge in [0.05, 0.1) is 5.60 Å². The summed E-state index contributed by atoms with van der Waals surface area (Å²) in [6.07, 6.45) is 7.21. The average molecular weight is 259 g/mol. The monoisotopic (exact) mass is 259 g/mol. The van der Waals surface area contributed by atoms with Gasteiger partial charge in [-0.05, 0) is 44.3 Å². The van der Waals surface area contributed by atoms with E-state index in [0.29, 0.717) is 12.6 Å². The highest BCUT2D eigenvalue weighted by atomic mass is 32.2. The molecule has 0 bridgehead atoms. The summed E-state index contributed by atoms with van der Waals surface area (Å²) in [6.45, 7) is 2.36. The third-order valence-electron chi connectivity index (χ3n) is 3.88. The molecular weight excluding hydrogens is 234 g/mol. The van der Waals surface area contributed by atoms with Crippen LogP contribution in [0.3, 0.4) is 0 Å². The van der Waals surface area contributed by atoms with E-state index in [0.717, 1.165) is 31.1 Å². The summed E-state index contributed by atoms with van der Waals surface area (Å²) in [7, 11) is 0. The zero-order chi connectivity index (χ0) is 12.0. The maximum atomic E-state index is 8.67. The molecule has 3 nitrogen and oxygen atoms in total. The second-order valence-electron chi connectivity index (χ2n) is 5.22. The van der Waals surface area contributed by atoms with E-state index in [9.17, 15) is 0 Å². The van der Waals surface area contributed by atoms with Crippen LogP contribution in [-0.4, -0.2) is 48.0 Å². The van der Waals surface area contributed by atoms with E-state index < -0.39 is 0 Å². The van der Waals surface area contributed by atoms with Gasteiger partial charge < -0.3 is 15.2 Å². The van der Waals surface area contributed by atoms with Gasteiger partial charge in [-0.1, -0.05) is 0 Å². The Labute approximate surface area is 109 Å². The van der Waals surface area contributed by atoms with Crippen LogP contribution in [0.2, 0.25) is 0 Å². The first kappa shape index (κ1) is 13.7. The van der Waals surface area contributed by atoms with E-state index in [-0.39, 0.29) is 5.60 Å². The Hall–Kier alpha value is 0.230. The normalized spacial score (nSPS) is 27.0. The Balaban J connectivity index is 1.53. The number of hydrogen-bond acceptors (Lipinski definition) is 4. The molecule has 1 saturated carbocycles. The van der Waals surface area contributed by atoms with E-state index in [1.807, 2.05) is 11.8 Å². The molecule has 0 radical (unpaired) electrons. The van der Waals surface area contributed by atoms with Crippen molar-refractivity contribution < 1.29 is 9.84 Å². The Kier molecular flexibility index (Phi) is 5.60. The van der Waals surface area contributed by atoms with E-state index in [1.165, 1.54) is 32.1 Å². The SMILES string of the molecule is OCCCSCCNC1CCOC2(CCC2)C1. The number of ether oxygens (including phenoxy) is 1. The average Bonchev–Trinajstić information content (AvgIpc) is 2.32. The molecule has 2 N–H and O–H groups in total. The predicted octanol–water partition coefficient (Wildman–Crippen LogP) is 1.79. The number of aliphatic hydroxyl groups excluding tert-OH is 1. The number of rotatable bonds is 7. The minimum atomic E-state index is 0.264. The van der Waals surface area contributed by atoms with E-state index in [2.05, 4.69) is 5.32 Å². The van der Waals surface area contributed by atoms with Crippen LogP contribution in [0.25, 0.3) is 0 Å². The van der Waals surface area contributed by atoms with Crippen LogP contribution in [-0.2, 0) is 4.74 Å². The smallest absolute Gasteiger partial charge is 0.0697 e. The lowest BCUT2D eigenvalue weighted by molar-refractivity contribution is -0.135. The molecular formula is C13H25NO2S. The Morgan fingerprint density at radius 2 is 2.24 bits per heavy atom. The standard InChI is InChI=1S/C13H25NO2S/c15-7-2-9-17-10-6-14-12-3-8-16-13(11-12)4-1-5-13/h12,14-15H,1-11H2. The predicted molar refractivity (Wildman–Crippen MR) is 72.6 cm³/mol. The molecule has 1 aliphatic carbocycles. The van der Waals surface area contributed by atoms with Gasteiger partial charge in [0.25, 0.3) is 0 Å². The largest absolute Gasteiger partial charge is 0.396 e. The summed E-state index contributed by atoms with van der Waals surface area (Å²) in [5.74, 6) is 2.24. The van der Waals surface area contributed by atoms with Gasteiger partial charge in [0, 0.05) is 31.6 Å². The van der Waals surface area contributed by atoms with Crippen LogP contribution >= 0.6 is 11.8 Å². The van der Waals surface area contributed by atoms with E-state index in [1.54, 1.807) is 0 Å². The summed E-state index contributed by atoms with van der Waals surface area (Å²) < 4.78 is 5.92. The first-order valence-electron chi connectivity index (χ1n) is 6.91. The highest BCUT2D eigenvalue weighted by molar-refractivity contribution is 7.99. The van der Waals surface area contributed by atoms with Crippen LogP contribution in [0.15, 0.2) is 0 Å². The molecule has 2 aliphatic rings. The first-order valence-corrected chi connectivity index (χ1v) is 8.06. The zero-order valence-corrected chi connectivity index (χ0v) is 11.4. The molecule has 17 heavy (non-hydrogen) atoms. The lowest BCUT2D eigenvalue weighted by Gasteiger charge is -2.47. The molecule has 1 atom stereocenters. The highest BCUT2D eigenvalue weighted by Crippen LogP contribution is 2.42. The molecule has 2 rings (SSSR count). The third kappa shape index (κ3) is 4.12. The summed E-state index contributed by atoms with van der Waals surface area (Å²) in [4.78, 5) is 0. The van der Waals surface area contributed by atoms with Crippen molar-refractivity contribution in [2.45, 2.75) is 50.2 Å². The minimum absolute atomic E-state index is 0.264. The quantitative estimate of drug-likeness (QED) is 0.684. The molecule has 4 heteroatoms. The molecule has 0 amide bonds. The minimum Gasteiger partial charge on any atom is -0.396 e. The molecule has 1 heterocycles. The fourth-order valence-electron chi connectivity index (χ4n) is 2.73. The maximum absolute atomic E-state index is 8.67. The molecule has 100 valence electrons. The van der Waals surface area contributed by atoms with Gasteiger partial charge >= 0.3 is 0 Å². The van der Waals surface area contributed by atoms with Crippen molar-refractivity contribution in [3.63, 3.8) is 0 Å². The van der Waals surface area contributed by atoms with Crippen LogP contribution in [0.5, 0.6) is 0 Å². The number of hydrogen-bond donors (Lipinski definition) is 2. The summed E-state index contributed by atoms with van der Waals surface area (Å²) in [5.41, 5.74) is 0.264. The summed E-state index contributed by atoms with van der Waals surface area (Å²) >= 11 is 1.93. The summed E-state index contributed by atoms with van der Waals surface area (Å²) in [6, 6.07) is 0.669. The maximum Gasteiger partial charge on any atom is 0.0697 e. The fourth-order valence-corrected chi connectivity index (χ4v) is 3.52. The molecule has 1 saturated heterocycles.